The van der Waals surface area contributed by atoms with E-state index in [1.165, 1.54) is 6.07 Å². The smallest absolute Gasteiger partial charge is 0.410 e. The Hall–Kier alpha value is -2.30. The van der Waals surface area contributed by atoms with E-state index >= 15 is 0 Å². The van der Waals surface area contributed by atoms with Crippen molar-refractivity contribution in [2.24, 2.45) is 0 Å². The molecule has 0 radical (unpaired) electrons. The van der Waals surface area contributed by atoms with Crippen LogP contribution in [0.1, 0.15) is 45.2 Å². The number of aromatic amines is 1. The molecule has 1 N–H and O–H groups in total. The van der Waals surface area contributed by atoms with Crippen LogP contribution >= 0.6 is 0 Å². The van der Waals surface area contributed by atoms with E-state index in [9.17, 15) is 9.18 Å². The van der Waals surface area contributed by atoms with E-state index in [0.717, 1.165) is 28.5 Å². The normalized spacial score (nSPS) is 15.4. The van der Waals surface area contributed by atoms with Crippen LogP contribution in [0.5, 0.6) is 0 Å². The largest absolute Gasteiger partial charge is 0.444 e. The third kappa shape index (κ3) is 3.55. The van der Waals surface area contributed by atoms with Crippen molar-refractivity contribution in [1.82, 2.24) is 9.88 Å². The molecule has 1 amide bonds. The van der Waals surface area contributed by atoms with Crippen LogP contribution in [0.2, 0.25) is 0 Å². The Morgan fingerprint density at radius 3 is 2.80 bits per heavy atom. The van der Waals surface area contributed by atoms with Crippen LogP contribution in [-0.4, -0.2) is 34.7 Å². The third-order valence-electron chi connectivity index (χ3n) is 4.41. The average Bonchev–Trinajstić information content (AvgIpc) is 2.97. The molecule has 0 saturated carbocycles. The molecule has 0 unspecified atom stereocenters. The quantitative estimate of drug-likeness (QED) is 0.843. The van der Waals surface area contributed by atoms with E-state index in [0.29, 0.717) is 25.1 Å². The van der Waals surface area contributed by atoms with Crippen LogP contribution in [0.4, 0.5) is 9.18 Å². The van der Waals surface area contributed by atoms with Gasteiger partial charge < -0.3 is 14.6 Å². The maximum atomic E-state index is 14.0. The zero-order valence-corrected chi connectivity index (χ0v) is 15.3. The van der Waals surface area contributed by atoms with Crippen molar-refractivity contribution in [3.8, 4) is 0 Å². The Kier molecular flexibility index (Phi) is 4.58. The fourth-order valence-electron chi connectivity index (χ4n) is 3.27. The lowest BCUT2D eigenvalue weighted by Gasteiger charge is -2.30. The van der Waals surface area contributed by atoms with Crippen LogP contribution in [0.15, 0.2) is 24.4 Å². The summed E-state index contributed by atoms with van der Waals surface area (Å²) in [5, 5.41) is 0.996. The lowest BCUT2D eigenvalue weighted by molar-refractivity contribution is 0.0273. The van der Waals surface area contributed by atoms with Crippen LogP contribution < -0.4 is 0 Å². The van der Waals surface area contributed by atoms with Crippen LogP contribution in [0, 0.1) is 5.82 Å². The van der Waals surface area contributed by atoms with Gasteiger partial charge in [0.2, 0.25) is 0 Å². The molecule has 4 nitrogen and oxygen atoms in total. The monoisotopic (exact) mass is 344 g/mol. The summed E-state index contributed by atoms with van der Waals surface area (Å²) in [6, 6.07) is 3.33. The number of halogens is 1. The Bertz CT molecular complexity index is 830. The van der Waals surface area contributed by atoms with Crippen molar-refractivity contribution >= 4 is 22.6 Å². The summed E-state index contributed by atoms with van der Waals surface area (Å²) < 4.78 is 19.5. The van der Waals surface area contributed by atoms with E-state index in [2.05, 4.69) is 11.1 Å². The van der Waals surface area contributed by atoms with Gasteiger partial charge in [-0.25, -0.2) is 9.18 Å². The van der Waals surface area contributed by atoms with Gasteiger partial charge in [-0.05, 0) is 51.3 Å². The van der Waals surface area contributed by atoms with Crippen molar-refractivity contribution in [1.29, 1.82) is 0 Å². The summed E-state index contributed by atoms with van der Waals surface area (Å²) in [5.74, 6) is -0.184. The first-order valence-electron chi connectivity index (χ1n) is 8.76. The molecule has 0 atom stereocenters. The summed E-state index contributed by atoms with van der Waals surface area (Å²) in [4.78, 5) is 17.3. The number of hydrogen-bond donors (Lipinski definition) is 1. The van der Waals surface area contributed by atoms with E-state index in [1.807, 2.05) is 40.0 Å². The van der Waals surface area contributed by atoms with Crippen LogP contribution in [0.3, 0.4) is 0 Å². The number of benzene rings is 1. The highest BCUT2D eigenvalue weighted by atomic mass is 19.1. The summed E-state index contributed by atoms with van der Waals surface area (Å²) in [5.41, 5.74) is 3.12. The Balaban J connectivity index is 1.89. The highest BCUT2D eigenvalue weighted by Gasteiger charge is 2.25. The van der Waals surface area contributed by atoms with Gasteiger partial charge in [-0.2, -0.15) is 0 Å². The van der Waals surface area contributed by atoms with Crippen LogP contribution in [0.25, 0.3) is 16.5 Å². The number of hydrogen-bond acceptors (Lipinski definition) is 2. The molecule has 1 aliphatic heterocycles. The zero-order valence-electron chi connectivity index (χ0n) is 15.3. The fraction of sp³-hybridized carbons (Fsp3) is 0.450. The van der Waals surface area contributed by atoms with E-state index in [1.54, 1.807) is 4.90 Å². The van der Waals surface area contributed by atoms with Crippen LogP contribution in [-0.2, 0) is 11.2 Å². The van der Waals surface area contributed by atoms with Gasteiger partial charge >= 0.3 is 6.09 Å². The minimum absolute atomic E-state index is 0.184. The number of carbonyl (C=O) groups excluding carboxylic acids is 1. The van der Waals surface area contributed by atoms with Gasteiger partial charge in [0.1, 0.15) is 11.4 Å². The highest BCUT2D eigenvalue weighted by Crippen LogP contribution is 2.31. The number of fused-ring (bicyclic) bond motifs is 1. The minimum atomic E-state index is -0.507. The number of ether oxygens (including phenoxy) is 1. The second-order valence-electron chi connectivity index (χ2n) is 7.42. The predicted octanol–water partition coefficient (Wildman–Crippen LogP) is 4.89. The first-order valence-corrected chi connectivity index (χ1v) is 8.76. The van der Waals surface area contributed by atoms with Gasteiger partial charge in [0, 0.05) is 35.8 Å². The van der Waals surface area contributed by atoms with E-state index in [-0.39, 0.29) is 11.9 Å². The standard InChI is InChI=1S/C20H25FN2O2/c1-5-14-17(21)9-8-15-16(11-22-18(14)15)13-7-6-10-23(12-13)19(24)25-20(2,3)4/h7-9,11,22H,5-6,10,12H2,1-4H3. The molecular formula is C20H25FN2O2. The molecule has 2 aromatic rings. The maximum absolute atomic E-state index is 14.0. The zero-order chi connectivity index (χ0) is 18.2. The lowest BCUT2D eigenvalue weighted by Crippen LogP contribution is -2.39. The van der Waals surface area contributed by atoms with Gasteiger partial charge in [0.15, 0.2) is 0 Å². The summed E-state index contributed by atoms with van der Waals surface area (Å²) in [6.07, 6.45) is 5.18. The molecule has 0 saturated heterocycles. The van der Waals surface area contributed by atoms with Crippen molar-refractivity contribution in [3.63, 3.8) is 0 Å². The maximum Gasteiger partial charge on any atom is 0.410 e. The summed E-state index contributed by atoms with van der Waals surface area (Å²) in [7, 11) is 0. The number of aryl methyl sites for hydroxylation is 1. The molecule has 0 spiro atoms. The van der Waals surface area contributed by atoms with Gasteiger partial charge in [-0.1, -0.05) is 13.0 Å². The molecule has 0 aliphatic carbocycles. The molecule has 5 heteroatoms. The van der Waals surface area contributed by atoms with Crippen molar-refractivity contribution in [2.45, 2.75) is 46.1 Å². The molecular weight excluding hydrogens is 319 g/mol. The Labute approximate surface area is 147 Å². The number of rotatable bonds is 2. The molecule has 0 bridgehead atoms. The fourth-order valence-corrected chi connectivity index (χ4v) is 3.27. The predicted molar refractivity (Wildman–Crippen MR) is 98.0 cm³/mol. The number of H-pyrrole nitrogens is 1. The number of amides is 1. The van der Waals surface area contributed by atoms with E-state index < -0.39 is 5.60 Å². The topological polar surface area (TPSA) is 45.3 Å². The van der Waals surface area contributed by atoms with Gasteiger partial charge in [-0.3, -0.25) is 0 Å². The Morgan fingerprint density at radius 1 is 1.36 bits per heavy atom. The molecule has 1 aromatic carbocycles. The highest BCUT2D eigenvalue weighted by molar-refractivity contribution is 5.95. The number of nitrogens with one attached hydrogen (secondary N) is 1. The number of carbonyl (C=O) groups is 1. The lowest BCUT2D eigenvalue weighted by atomic mass is 9.99. The molecule has 1 aliphatic rings. The SMILES string of the molecule is CCc1c(F)ccc2c(C3=CCCN(C(=O)OC(C)(C)C)C3)c[nH]c12. The molecule has 134 valence electrons. The van der Waals surface area contributed by atoms with Crippen molar-refractivity contribution in [3.05, 3.63) is 41.3 Å². The molecule has 0 fully saturated rings. The first-order chi connectivity index (χ1) is 11.8. The van der Waals surface area contributed by atoms with Gasteiger partial charge in [0.25, 0.3) is 0 Å². The number of nitrogens with zero attached hydrogens (tertiary/aromatic N) is 1. The van der Waals surface area contributed by atoms with Crippen molar-refractivity contribution in [2.75, 3.05) is 13.1 Å². The summed E-state index contributed by atoms with van der Waals surface area (Å²) >= 11 is 0. The average molecular weight is 344 g/mol. The van der Waals surface area contributed by atoms with Gasteiger partial charge in [0.05, 0.1) is 5.52 Å². The molecule has 2 heterocycles. The minimum Gasteiger partial charge on any atom is -0.444 e. The van der Waals surface area contributed by atoms with Gasteiger partial charge in [-0.15, -0.1) is 0 Å². The van der Waals surface area contributed by atoms with Crippen molar-refractivity contribution < 1.29 is 13.9 Å². The Morgan fingerprint density at radius 2 is 2.12 bits per heavy atom. The van der Waals surface area contributed by atoms with E-state index in [4.69, 9.17) is 4.74 Å². The summed E-state index contributed by atoms with van der Waals surface area (Å²) in [6.45, 7) is 8.70. The third-order valence-corrected chi connectivity index (χ3v) is 4.41. The first kappa shape index (κ1) is 17.5. The molecule has 25 heavy (non-hydrogen) atoms. The second kappa shape index (κ2) is 6.54. The number of aromatic nitrogens is 1. The molecule has 3 rings (SSSR count). The molecule has 1 aromatic heterocycles. The second-order valence-corrected chi connectivity index (χ2v) is 7.42.